The number of amides is 2. The number of likely N-dealkylation sites (N-methyl/N-ethyl adjacent to an activating group) is 2. The van der Waals surface area contributed by atoms with Crippen LogP contribution in [0.5, 0.6) is 0 Å². The third kappa shape index (κ3) is 3.36. The average Bonchev–Trinajstić information content (AvgIpc) is 3.18. The summed E-state index contributed by atoms with van der Waals surface area (Å²) in [7, 11) is 1.59. The average molecular weight is 304 g/mol. The maximum atomic E-state index is 12.3. The van der Waals surface area contributed by atoms with Crippen molar-refractivity contribution in [1.82, 2.24) is 20.0 Å². The fraction of sp³-hybridized carbons (Fsp3) is 0.400. The summed E-state index contributed by atoms with van der Waals surface area (Å²) in [6, 6.07) is 5.14. The van der Waals surface area contributed by atoms with E-state index in [2.05, 4.69) is 10.2 Å². The number of hydrogen-bond donors (Lipinski definition) is 1. The minimum atomic E-state index is -0.311. The summed E-state index contributed by atoms with van der Waals surface area (Å²) in [5, 5.41) is 6.74. The van der Waals surface area contributed by atoms with Gasteiger partial charge in [0.05, 0.1) is 12.8 Å². The van der Waals surface area contributed by atoms with Crippen molar-refractivity contribution >= 4 is 11.8 Å². The van der Waals surface area contributed by atoms with Crippen LogP contribution < -0.4 is 0 Å². The lowest BCUT2D eigenvalue weighted by Crippen LogP contribution is -2.41. The van der Waals surface area contributed by atoms with Crippen molar-refractivity contribution in [3.05, 3.63) is 30.2 Å². The molecule has 7 nitrogen and oxygen atoms in total. The van der Waals surface area contributed by atoms with E-state index in [0.717, 1.165) is 0 Å². The van der Waals surface area contributed by atoms with Gasteiger partial charge in [0.15, 0.2) is 11.5 Å². The van der Waals surface area contributed by atoms with Crippen molar-refractivity contribution < 1.29 is 14.0 Å². The van der Waals surface area contributed by atoms with Crippen LogP contribution in [0.3, 0.4) is 0 Å². The lowest BCUT2D eigenvalue weighted by molar-refractivity contribution is -0.131. The van der Waals surface area contributed by atoms with Gasteiger partial charge in [-0.1, -0.05) is 0 Å². The van der Waals surface area contributed by atoms with Gasteiger partial charge in [0, 0.05) is 26.2 Å². The number of carbonyl (C=O) groups excluding carboxylic acids is 2. The molecule has 0 radical (unpaired) electrons. The highest BCUT2D eigenvalue weighted by atomic mass is 16.3. The van der Waals surface area contributed by atoms with E-state index >= 15 is 0 Å². The third-order valence-electron chi connectivity index (χ3n) is 3.42. The summed E-state index contributed by atoms with van der Waals surface area (Å²) in [4.78, 5) is 27.4. The van der Waals surface area contributed by atoms with Crippen LogP contribution in [0.25, 0.3) is 11.5 Å². The van der Waals surface area contributed by atoms with Gasteiger partial charge in [-0.2, -0.15) is 5.10 Å². The first kappa shape index (κ1) is 15.8. The summed E-state index contributed by atoms with van der Waals surface area (Å²) in [6.07, 6.45) is 1.55. The number of H-pyrrole nitrogens is 1. The highest BCUT2D eigenvalue weighted by Crippen LogP contribution is 2.18. The minimum Gasteiger partial charge on any atom is -0.463 e. The van der Waals surface area contributed by atoms with Crippen LogP contribution in [-0.4, -0.2) is 58.5 Å². The maximum absolute atomic E-state index is 12.3. The van der Waals surface area contributed by atoms with E-state index < -0.39 is 0 Å². The number of aromatic nitrogens is 2. The summed E-state index contributed by atoms with van der Waals surface area (Å²) >= 11 is 0. The highest BCUT2D eigenvalue weighted by molar-refractivity contribution is 5.95. The molecule has 0 aliphatic rings. The molecule has 7 heteroatoms. The molecule has 0 atom stereocenters. The number of carbonyl (C=O) groups is 2. The van der Waals surface area contributed by atoms with Crippen molar-refractivity contribution in [1.29, 1.82) is 0 Å². The van der Waals surface area contributed by atoms with Gasteiger partial charge < -0.3 is 14.2 Å². The monoisotopic (exact) mass is 304 g/mol. The Labute approximate surface area is 128 Å². The molecule has 0 aliphatic heterocycles. The van der Waals surface area contributed by atoms with Gasteiger partial charge in [-0.15, -0.1) is 0 Å². The van der Waals surface area contributed by atoms with Gasteiger partial charge in [0.2, 0.25) is 5.91 Å². The summed E-state index contributed by atoms with van der Waals surface area (Å²) in [5.74, 6) is 0.214. The number of furan rings is 1. The first-order valence-electron chi connectivity index (χ1n) is 7.19. The SMILES string of the molecule is CCN(CC)C(=O)CN(C)C(=O)c1cc(-c2ccco2)[nH]n1. The topological polar surface area (TPSA) is 82.4 Å². The van der Waals surface area contributed by atoms with Crippen LogP contribution in [-0.2, 0) is 4.79 Å². The molecule has 1 N–H and O–H groups in total. The fourth-order valence-corrected chi connectivity index (χ4v) is 2.14. The van der Waals surface area contributed by atoms with Crippen molar-refractivity contribution in [2.24, 2.45) is 0 Å². The lowest BCUT2D eigenvalue weighted by atomic mass is 10.3. The normalized spacial score (nSPS) is 10.5. The van der Waals surface area contributed by atoms with Crippen molar-refractivity contribution in [2.75, 3.05) is 26.7 Å². The second-order valence-electron chi connectivity index (χ2n) is 4.87. The van der Waals surface area contributed by atoms with Crippen molar-refractivity contribution in [3.63, 3.8) is 0 Å². The van der Waals surface area contributed by atoms with E-state index in [0.29, 0.717) is 24.5 Å². The van der Waals surface area contributed by atoms with Crippen LogP contribution in [0.1, 0.15) is 24.3 Å². The summed E-state index contributed by atoms with van der Waals surface area (Å²) in [6.45, 7) is 5.10. The quantitative estimate of drug-likeness (QED) is 0.879. The summed E-state index contributed by atoms with van der Waals surface area (Å²) < 4.78 is 5.24. The van der Waals surface area contributed by atoms with Crippen LogP contribution in [0.4, 0.5) is 0 Å². The van der Waals surface area contributed by atoms with Crippen LogP contribution in [0.2, 0.25) is 0 Å². The molecule has 0 aliphatic carbocycles. The van der Waals surface area contributed by atoms with Crippen LogP contribution in [0, 0.1) is 0 Å². The zero-order valence-corrected chi connectivity index (χ0v) is 13.0. The molecule has 0 fully saturated rings. The molecule has 2 amide bonds. The third-order valence-corrected chi connectivity index (χ3v) is 3.42. The molecule has 22 heavy (non-hydrogen) atoms. The van der Waals surface area contributed by atoms with E-state index in [9.17, 15) is 9.59 Å². The Kier molecular flexibility index (Phi) is 4.98. The molecule has 2 heterocycles. The second-order valence-corrected chi connectivity index (χ2v) is 4.87. The standard InChI is InChI=1S/C15H20N4O3/c1-4-19(5-2)14(20)10-18(3)15(21)12-9-11(16-17-12)13-7-6-8-22-13/h6-9H,4-5,10H2,1-3H3,(H,16,17). The van der Waals surface area contributed by atoms with Gasteiger partial charge in [-0.05, 0) is 26.0 Å². The van der Waals surface area contributed by atoms with E-state index in [1.807, 2.05) is 13.8 Å². The van der Waals surface area contributed by atoms with E-state index in [-0.39, 0.29) is 24.1 Å². The van der Waals surface area contributed by atoms with Crippen LogP contribution in [0.15, 0.2) is 28.9 Å². The Morgan fingerprint density at radius 1 is 1.32 bits per heavy atom. The predicted octanol–water partition coefficient (Wildman–Crippen LogP) is 1.61. The molecule has 2 aromatic rings. The molecule has 0 saturated carbocycles. The molecule has 0 saturated heterocycles. The lowest BCUT2D eigenvalue weighted by Gasteiger charge is -2.22. The molecule has 2 aromatic heterocycles. The van der Waals surface area contributed by atoms with Crippen molar-refractivity contribution in [2.45, 2.75) is 13.8 Å². The van der Waals surface area contributed by atoms with Gasteiger partial charge >= 0.3 is 0 Å². The predicted molar refractivity (Wildman–Crippen MR) is 81.2 cm³/mol. The van der Waals surface area contributed by atoms with E-state index in [1.165, 1.54) is 4.90 Å². The molecule has 0 bridgehead atoms. The molecular formula is C15H20N4O3. The number of nitrogens with zero attached hydrogens (tertiary/aromatic N) is 3. The zero-order chi connectivity index (χ0) is 16.1. The molecule has 118 valence electrons. The molecule has 0 aromatic carbocycles. The second kappa shape index (κ2) is 6.93. The first-order chi connectivity index (χ1) is 10.6. The zero-order valence-electron chi connectivity index (χ0n) is 13.0. The number of aromatic amines is 1. The Bertz CT molecular complexity index is 629. The largest absolute Gasteiger partial charge is 0.463 e. The minimum absolute atomic E-state index is 0.0312. The van der Waals surface area contributed by atoms with Gasteiger partial charge in [0.25, 0.3) is 5.91 Å². The number of hydrogen-bond acceptors (Lipinski definition) is 4. The van der Waals surface area contributed by atoms with E-state index in [1.54, 1.807) is 36.4 Å². The molecular weight excluding hydrogens is 284 g/mol. The molecule has 2 rings (SSSR count). The Morgan fingerprint density at radius 2 is 2.05 bits per heavy atom. The van der Waals surface area contributed by atoms with Gasteiger partial charge in [0.1, 0.15) is 5.69 Å². The van der Waals surface area contributed by atoms with Gasteiger partial charge in [-0.3, -0.25) is 14.7 Å². The Morgan fingerprint density at radius 3 is 2.64 bits per heavy atom. The fourth-order valence-electron chi connectivity index (χ4n) is 2.14. The molecule has 0 unspecified atom stereocenters. The Balaban J connectivity index is 2.03. The van der Waals surface area contributed by atoms with E-state index in [4.69, 9.17) is 4.42 Å². The first-order valence-corrected chi connectivity index (χ1v) is 7.19. The Hall–Kier alpha value is -2.57. The summed E-state index contributed by atoms with van der Waals surface area (Å²) in [5.41, 5.74) is 0.873. The highest BCUT2D eigenvalue weighted by Gasteiger charge is 2.20. The number of rotatable bonds is 6. The number of nitrogens with one attached hydrogen (secondary N) is 1. The maximum Gasteiger partial charge on any atom is 0.274 e. The van der Waals surface area contributed by atoms with Crippen molar-refractivity contribution in [3.8, 4) is 11.5 Å². The smallest absolute Gasteiger partial charge is 0.274 e. The van der Waals surface area contributed by atoms with Gasteiger partial charge in [-0.25, -0.2) is 0 Å². The van der Waals surface area contributed by atoms with Crippen LogP contribution >= 0.6 is 0 Å². The molecule has 0 spiro atoms.